The maximum absolute atomic E-state index is 12.7. The Morgan fingerprint density at radius 2 is 1.18 bits per heavy atom. The molecule has 49 heavy (non-hydrogen) atoms. The summed E-state index contributed by atoms with van der Waals surface area (Å²) in [5, 5.41) is 0. The Morgan fingerprint density at radius 1 is 0.694 bits per heavy atom. The van der Waals surface area contributed by atoms with Crippen molar-refractivity contribution in [1.82, 2.24) is 9.55 Å². The van der Waals surface area contributed by atoms with Crippen LogP contribution in [-0.2, 0) is 35.1 Å². The van der Waals surface area contributed by atoms with Gasteiger partial charge in [-0.3, -0.25) is 4.79 Å². The number of ether oxygens (including phenoxy) is 3. The van der Waals surface area contributed by atoms with Gasteiger partial charge in [-0.05, 0) is 119 Å². The Balaban J connectivity index is 2.38. The number of aromatic nitrogens is 2. The zero-order chi connectivity index (χ0) is 36.3. The van der Waals surface area contributed by atoms with Gasteiger partial charge in [0.2, 0.25) is 0 Å². The van der Waals surface area contributed by atoms with Crippen LogP contribution in [0.1, 0.15) is 150 Å². The molecule has 8 heteroatoms. The minimum atomic E-state index is -0.263. The largest absolute Gasteiger partial charge is 0.463 e. The van der Waals surface area contributed by atoms with Crippen molar-refractivity contribution in [3.8, 4) is 0 Å². The maximum Gasteiger partial charge on any atom is 0.330 e. The summed E-state index contributed by atoms with van der Waals surface area (Å²) in [6.45, 7) is 15.8. The predicted molar refractivity (Wildman–Crippen MR) is 199 cm³/mol. The van der Waals surface area contributed by atoms with Crippen molar-refractivity contribution in [3.05, 3.63) is 64.8 Å². The fourth-order valence-electron chi connectivity index (χ4n) is 5.35. The van der Waals surface area contributed by atoms with E-state index in [0.29, 0.717) is 26.1 Å². The number of allylic oxidation sites excluding steroid dienone is 6. The summed E-state index contributed by atoms with van der Waals surface area (Å²) in [4.78, 5) is 41.1. The van der Waals surface area contributed by atoms with E-state index < -0.39 is 0 Å². The van der Waals surface area contributed by atoms with Crippen molar-refractivity contribution in [2.75, 3.05) is 13.2 Å². The van der Waals surface area contributed by atoms with Crippen molar-refractivity contribution in [1.29, 1.82) is 0 Å². The number of rotatable bonds is 27. The molecule has 0 bridgehead atoms. The summed E-state index contributed by atoms with van der Waals surface area (Å²) in [6, 6.07) is 0. The molecule has 0 aromatic carbocycles. The van der Waals surface area contributed by atoms with E-state index in [1.807, 2.05) is 31.5 Å². The summed E-state index contributed by atoms with van der Waals surface area (Å²) in [5.74, 6) is 0.274. The summed E-state index contributed by atoms with van der Waals surface area (Å²) >= 11 is 0. The van der Waals surface area contributed by atoms with Gasteiger partial charge in [0, 0.05) is 37.5 Å². The van der Waals surface area contributed by atoms with Crippen LogP contribution >= 0.6 is 0 Å². The van der Waals surface area contributed by atoms with E-state index in [9.17, 15) is 14.4 Å². The van der Waals surface area contributed by atoms with Gasteiger partial charge in [-0.1, -0.05) is 60.1 Å². The molecule has 1 heterocycles. The molecule has 0 atom stereocenters. The summed E-state index contributed by atoms with van der Waals surface area (Å²) in [7, 11) is 0. The number of esters is 3. The molecule has 0 aliphatic heterocycles. The van der Waals surface area contributed by atoms with Gasteiger partial charge in [0.15, 0.2) is 0 Å². The third kappa shape index (κ3) is 25.2. The highest BCUT2D eigenvalue weighted by Gasteiger charge is 2.15. The van der Waals surface area contributed by atoms with Crippen LogP contribution < -0.4 is 0 Å². The number of imidazole rings is 1. The first-order valence-electron chi connectivity index (χ1n) is 18.6. The second-order valence-corrected chi connectivity index (χ2v) is 13.7. The molecule has 0 N–H and O–H groups in total. The fourth-order valence-corrected chi connectivity index (χ4v) is 5.35. The number of hydrogen-bond donors (Lipinski definition) is 0. The number of carbonyl (C=O) groups is 3. The van der Waals surface area contributed by atoms with E-state index in [1.165, 1.54) is 11.1 Å². The quantitative estimate of drug-likeness (QED) is 0.0299. The lowest BCUT2D eigenvalue weighted by Crippen LogP contribution is -2.19. The summed E-state index contributed by atoms with van der Waals surface area (Å²) in [5.41, 5.74) is 4.64. The highest BCUT2D eigenvalue weighted by molar-refractivity contribution is 5.83. The first kappa shape index (κ1) is 43.6. The van der Waals surface area contributed by atoms with E-state index in [0.717, 1.165) is 113 Å². The second-order valence-electron chi connectivity index (χ2n) is 13.7. The Hall–Kier alpha value is -3.42. The third-order valence-electron chi connectivity index (χ3n) is 8.24. The molecule has 0 spiro atoms. The SMILES string of the molecule is CC(C)=CCC/C(C)=C/C(=O)OCCCCCCC(CCCCCCOC(=O)/C=C(\C)CCC=C(C)C)OC(=O)CCCn1ccnc1C. The Morgan fingerprint density at radius 3 is 1.63 bits per heavy atom. The number of hydrogen-bond acceptors (Lipinski definition) is 7. The molecular weight excluding hydrogens is 616 g/mol. The van der Waals surface area contributed by atoms with Crippen LogP contribution in [0.15, 0.2) is 59.0 Å². The van der Waals surface area contributed by atoms with Crippen LogP contribution in [-0.4, -0.2) is 46.8 Å². The highest BCUT2D eigenvalue weighted by Crippen LogP contribution is 2.17. The van der Waals surface area contributed by atoms with Crippen LogP contribution in [0.4, 0.5) is 0 Å². The molecule has 0 aliphatic rings. The maximum atomic E-state index is 12.7. The molecule has 0 fully saturated rings. The monoisotopic (exact) mass is 682 g/mol. The summed E-state index contributed by atoms with van der Waals surface area (Å²) in [6.07, 6.45) is 25.0. The number of carbonyl (C=O) groups excluding carboxylic acids is 3. The fraction of sp³-hybridized carbons (Fsp3) is 0.659. The summed E-state index contributed by atoms with van der Waals surface area (Å²) < 4.78 is 18.8. The molecule has 0 radical (unpaired) electrons. The minimum Gasteiger partial charge on any atom is -0.463 e. The van der Waals surface area contributed by atoms with Crippen LogP contribution in [0.3, 0.4) is 0 Å². The minimum absolute atomic E-state index is 0.1000. The van der Waals surface area contributed by atoms with Crippen LogP contribution in [0.5, 0.6) is 0 Å². The standard InChI is InChI=1S/C41H66N2O6/c1-33(2)19-16-21-35(5)31-40(45)47-29-14-10-8-12-23-38(49-39(44)25-18-27-43-28-26-42-37(43)7)24-13-9-11-15-30-48-41(46)32-36(6)22-17-20-34(3)4/h19-20,26,28,31-32,38H,8-18,21-25,27,29-30H2,1-7H3/b35-31+,36-32+. The lowest BCUT2D eigenvalue weighted by molar-refractivity contribution is -0.150. The van der Waals surface area contributed by atoms with Gasteiger partial charge in [0.25, 0.3) is 0 Å². The molecule has 1 rings (SSSR count). The average Bonchev–Trinajstić information content (AvgIpc) is 3.43. The van der Waals surface area contributed by atoms with E-state index in [2.05, 4.69) is 44.8 Å². The molecule has 8 nitrogen and oxygen atoms in total. The van der Waals surface area contributed by atoms with Gasteiger partial charge in [0.05, 0.1) is 13.2 Å². The Labute approximate surface area is 297 Å². The normalized spacial score (nSPS) is 12.3. The van der Waals surface area contributed by atoms with Crippen LogP contribution in [0.2, 0.25) is 0 Å². The van der Waals surface area contributed by atoms with Crippen molar-refractivity contribution >= 4 is 17.9 Å². The first-order valence-corrected chi connectivity index (χ1v) is 18.6. The van der Waals surface area contributed by atoms with Crippen molar-refractivity contribution in [2.24, 2.45) is 0 Å². The zero-order valence-electron chi connectivity index (χ0n) is 31.8. The number of aryl methyl sites for hydroxylation is 2. The average molecular weight is 683 g/mol. The lowest BCUT2D eigenvalue weighted by atomic mass is 10.0. The van der Waals surface area contributed by atoms with Gasteiger partial charge in [-0.2, -0.15) is 0 Å². The Bertz CT molecular complexity index is 1150. The van der Waals surface area contributed by atoms with Crippen molar-refractivity contribution < 1.29 is 28.6 Å². The van der Waals surface area contributed by atoms with E-state index in [1.54, 1.807) is 18.3 Å². The van der Waals surface area contributed by atoms with Crippen LogP contribution in [0, 0.1) is 6.92 Å². The lowest BCUT2D eigenvalue weighted by Gasteiger charge is -2.18. The molecule has 1 aromatic rings. The third-order valence-corrected chi connectivity index (χ3v) is 8.24. The molecule has 0 unspecified atom stereocenters. The van der Waals surface area contributed by atoms with Gasteiger partial charge in [-0.15, -0.1) is 0 Å². The molecule has 0 aliphatic carbocycles. The zero-order valence-corrected chi connectivity index (χ0v) is 31.8. The van der Waals surface area contributed by atoms with Gasteiger partial charge in [0.1, 0.15) is 11.9 Å². The first-order chi connectivity index (χ1) is 23.5. The van der Waals surface area contributed by atoms with E-state index in [-0.39, 0.29) is 24.0 Å². The van der Waals surface area contributed by atoms with Crippen molar-refractivity contribution in [3.63, 3.8) is 0 Å². The molecule has 276 valence electrons. The molecule has 0 amide bonds. The molecule has 0 saturated carbocycles. The van der Waals surface area contributed by atoms with Gasteiger partial charge >= 0.3 is 17.9 Å². The second kappa shape index (κ2) is 27.4. The van der Waals surface area contributed by atoms with Gasteiger partial charge < -0.3 is 18.8 Å². The number of unbranched alkanes of at least 4 members (excludes halogenated alkanes) is 6. The predicted octanol–water partition coefficient (Wildman–Crippen LogP) is 10.3. The topological polar surface area (TPSA) is 96.7 Å². The number of nitrogens with zero attached hydrogens (tertiary/aromatic N) is 2. The smallest absolute Gasteiger partial charge is 0.330 e. The van der Waals surface area contributed by atoms with Gasteiger partial charge in [-0.25, -0.2) is 14.6 Å². The van der Waals surface area contributed by atoms with E-state index >= 15 is 0 Å². The van der Waals surface area contributed by atoms with Crippen molar-refractivity contribution in [2.45, 2.75) is 164 Å². The Kier molecular flexibility index (Phi) is 24.4. The molecular formula is C41H66N2O6. The molecule has 1 aromatic heterocycles. The highest BCUT2D eigenvalue weighted by atomic mass is 16.5. The van der Waals surface area contributed by atoms with E-state index in [4.69, 9.17) is 14.2 Å². The van der Waals surface area contributed by atoms with Crippen LogP contribution in [0.25, 0.3) is 0 Å². The molecule has 0 saturated heterocycles.